The van der Waals surface area contributed by atoms with Gasteiger partial charge in [-0.2, -0.15) is 0 Å². The molecule has 0 aromatic carbocycles. The van der Waals surface area contributed by atoms with E-state index < -0.39 is 9.84 Å². The molecule has 0 amide bonds. The lowest BCUT2D eigenvalue weighted by Crippen LogP contribution is -2.22. The summed E-state index contributed by atoms with van der Waals surface area (Å²) in [7, 11) is -2.98. The minimum Gasteiger partial charge on any atom is -0.327 e. The van der Waals surface area contributed by atoms with E-state index in [0.717, 1.165) is 25.0 Å². The number of hydrogen-bond donors (Lipinski definition) is 1. The minimum atomic E-state index is -2.98. The van der Waals surface area contributed by atoms with E-state index in [0.29, 0.717) is 10.9 Å². The molecule has 1 heterocycles. The van der Waals surface area contributed by atoms with Gasteiger partial charge in [0.25, 0.3) is 0 Å². The topological polar surface area (TPSA) is 73.0 Å². The molecule has 1 aliphatic rings. The third-order valence-corrected chi connectivity index (χ3v) is 4.75. The highest BCUT2D eigenvalue weighted by Gasteiger charge is 2.27. The average molecular weight is 260 g/mol. The highest BCUT2D eigenvalue weighted by molar-refractivity contribution is 7.90. The molecule has 0 bridgehead atoms. The molecule has 0 saturated heterocycles. The SMILES string of the molecule is CS(=O)(=O)Cc1nc(C2CCCC2N)cs1. The van der Waals surface area contributed by atoms with Crippen LogP contribution in [0, 0.1) is 0 Å². The normalized spacial score (nSPS) is 26.1. The van der Waals surface area contributed by atoms with Crippen molar-refractivity contribution < 1.29 is 8.42 Å². The maximum absolute atomic E-state index is 11.1. The second-order valence-electron chi connectivity index (χ2n) is 4.44. The van der Waals surface area contributed by atoms with Gasteiger partial charge in [0, 0.05) is 23.6 Å². The number of nitrogens with zero attached hydrogens (tertiary/aromatic N) is 1. The molecular formula is C10H16N2O2S2. The summed E-state index contributed by atoms with van der Waals surface area (Å²) in [6.45, 7) is 0. The van der Waals surface area contributed by atoms with Gasteiger partial charge in [0.05, 0.1) is 5.69 Å². The molecule has 1 aromatic rings. The molecule has 0 radical (unpaired) electrons. The molecule has 1 aromatic heterocycles. The highest BCUT2D eigenvalue weighted by atomic mass is 32.2. The van der Waals surface area contributed by atoms with Crippen molar-refractivity contribution in [3.63, 3.8) is 0 Å². The van der Waals surface area contributed by atoms with E-state index in [4.69, 9.17) is 5.73 Å². The van der Waals surface area contributed by atoms with Crippen molar-refractivity contribution in [1.82, 2.24) is 4.98 Å². The van der Waals surface area contributed by atoms with Crippen LogP contribution in [0.2, 0.25) is 0 Å². The molecule has 90 valence electrons. The van der Waals surface area contributed by atoms with E-state index in [2.05, 4.69) is 4.98 Å². The molecule has 4 nitrogen and oxygen atoms in total. The fourth-order valence-electron chi connectivity index (χ4n) is 2.14. The standard InChI is InChI=1S/C10H16N2O2S2/c1-16(13,14)6-10-12-9(5-15-10)7-3-2-4-8(7)11/h5,7-8H,2-4,6,11H2,1H3. The smallest absolute Gasteiger partial charge is 0.153 e. The molecule has 0 aliphatic heterocycles. The van der Waals surface area contributed by atoms with Crippen molar-refractivity contribution in [2.24, 2.45) is 5.73 Å². The molecule has 2 rings (SSSR count). The van der Waals surface area contributed by atoms with Gasteiger partial charge < -0.3 is 5.73 Å². The monoisotopic (exact) mass is 260 g/mol. The van der Waals surface area contributed by atoms with Crippen LogP contribution in [0.4, 0.5) is 0 Å². The number of sulfone groups is 1. The second kappa shape index (κ2) is 4.43. The summed E-state index contributed by atoms with van der Waals surface area (Å²) in [5.41, 5.74) is 6.97. The van der Waals surface area contributed by atoms with Crippen LogP contribution in [-0.4, -0.2) is 25.7 Å². The van der Waals surface area contributed by atoms with E-state index in [1.807, 2.05) is 5.38 Å². The fraction of sp³-hybridized carbons (Fsp3) is 0.700. The van der Waals surface area contributed by atoms with E-state index in [1.165, 1.54) is 17.6 Å². The Morgan fingerprint density at radius 2 is 2.31 bits per heavy atom. The molecule has 2 N–H and O–H groups in total. The van der Waals surface area contributed by atoms with Crippen LogP contribution in [0.3, 0.4) is 0 Å². The van der Waals surface area contributed by atoms with Crippen molar-refractivity contribution in [2.45, 2.75) is 37.0 Å². The van der Waals surface area contributed by atoms with Crippen LogP contribution >= 0.6 is 11.3 Å². The lowest BCUT2D eigenvalue weighted by molar-refractivity contribution is 0.596. The maximum Gasteiger partial charge on any atom is 0.153 e. The lowest BCUT2D eigenvalue weighted by atomic mass is 10.0. The van der Waals surface area contributed by atoms with Crippen LogP contribution in [0.1, 0.15) is 35.9 Å². The van der Waals surface area contributed by atoms with Crippen molar-refractivity contribution in [3.05, 3.63) is 16.1 Å². The van der Waals surface area contributed by atoms with Crippen LogP contribution < -0.4 is 5.73 Å². The van der Waals surface area contributed by atoms with Crippen molar-refractivity contribution in [1.29, 1.82) is 0 Å². The zero-order valence-electron chi connectivity index (χ0n) is 9.22. The van der Waals surface area contributed by atoms with Gasteiger partial charge in [-0.25, -0.2) is 13.4 Å². The first-order chi connectivity index (χ1) is 7.46. The zero-order valence-corrected chi connectivity index (χ0v) is 10.9. The predicted molar refractivity (Wildman–Crippen MR) is 65.2 cm³/mol. The molecule has 1 fully saturated rings. The highest BCUT2D eigenvalue weighted by Crippen LogP contribution is 2.33. The van der Waals surface area contributed by atoms with Gasteiger partial charge in [0.2, 0.25) is 0 Å². The van der Waals surface area contributed by atoms with E-state index in [1.54, 1.807) is 0 Å². The summed E-state index contributed by atoms with van der Waals surface area (Å²) in [5, 5.41) is 2.63. The first-order valence-corrected chi connectivity index (χ1v) is 8.27. The van der Waals surface area contributed by atoms with Gasteiger partial charge >= 0.3 is 0 Å². The van der Waals surface area contributed by atoms with Crippen molar-refractivity contribution >= 4 is 21.2 Å². The van der Waals surface area contributed by atoms with E-state index in [-0.39, 0.29) is 11.8 Å². The summed E-state index contributed by atoms with van der Waals surface area (Å²) in [6, 6.07) is 0.188. The number of nitrogens with two attached hydrogens (primary N) is 1. The Balaban J connectivity index is 2.13. The number of rotatable bonds is 3. The third kappa shape index (κ3) is 2.81. The summed E-state index contributed by atoms with van der Waals surface area (Å²) < 4.78 is 22.3. The van der Waals surface area contributed by atoms with Gasteiger partial charge in [-0.05, 0) is 12.8 Å². The van der Waals surface area contributed by atoms with Crippen LogP contribution in [0.15, 0.2) is 5.38 Å². The molecule has 2 unspecified atom stereocenters. The second-order valence-corrected chi connectivity index (χ2v) is 7.52. The Kier molecular flexibility index (Phi) is 3.32. The number of hydrogen-bond acceptors (Lipinski definition) is 5. The van der Waals surface area contributed by atoms with Crippen LogP contribution in [-0.2, 0) is 15.6 Å². The maximum atomic E-state index is 11.1. The van der Waals surface area contributed by atoms with E-state index in [9.17, 15) is 8.42 Å². The molecule has 1 saturated carbocycles. The van der Waals surface area contributed by atoms with Gasteiger partial charge in [0.1, 0.15) is 10.8 Å². The van der Waals surface area contributed by atoms with Gasteiger partial charge in [0.15, 0.2) is 9.84 Å². The fourth-order valence-corrected chi connectivity index (χ4v) is 4.21. The third-order valence-electron chi connectivity index (χ3n) is 2.90. The quantitative estimate of drug-likeness (QED) is 0.888. The zero-order chi connectivity index (χ0) is 11.8. The largest absolute Gasteiger partial charge is 0.327 e. The van der Waals surface area contributed by atoms with Crippen molar-refractivity contribution in [2.75, 3.05) is 6.26 Å². The molecule has 0 spiro atoms. The molecule has 16 heavy (non-hydrogen) atoms. The first-order valence-electron chi connectivity index (χ1n) is 5.33. The summed E-state index contributed by atoms with van der Waals surface area (Å²) in [4.78, 5) is 4.39. The Morgan fingerprint density at radius 1 is 1.56 bits per heavy atom. The van der Waals surface area contributed by atoms with Crippen LogP contribution in [0.5, 0.6) is 0 Å². The summed E-state index contributed by atoms with van der Waals surface area (Å²) >= 11 is 1.42. The molecular weight excluding hydrogens is 244 g/mol. The Morgan fingerprint density at radius 3 is 2.88 bits per heavy atom. The Labute approximate surface area is 99.8 Å². The van der Waals surface area contributed by atoms with E-state index >= 15 is 0 Å². The average Bonchev–Trinajstić information content (AvgIpc) is 2.71. The predicted octanol–water partition coefficient (Wildman–Crippen LogP) is 1.28. The van der Waals surface area contributed by atoms with Gasteiger partial charge in [-0.3, -0.25) is 0 Å². The summed E-state index contributed by atoms with van der Waals surface area (Å²) in [5.74, 6) is 0.365. The lowest BCUT2D eigenvalue weighted by Gasteiger charge is -2.11. The van der Waals surface area contributed by atoms with Crippen molar-refractivity contribution in [3.8, 4) is 0 Å². The number of aromatic nitrogens is 1. The van der Waals surface area contributed by atoms with Crippen LogP contribution in [0.25, 0.3) is 0 Å². The Hall–Kier alpha value is -0.460. The first kappa shape index (κ1) is 12.0. The van der Waals surface area contributed by atoms with Gasteiger partial charge in [-0.15, -0.1) is 11.3 Å². The van der Waals surface area contributed by atoms with Gasteiger partial charge in [-0.1, -0.05) is 6.42 Å². The minimum absolute atomic E-state index is 0.0413. The number of thiazole rings is 1. The molecule has 2 atom stereocenters. The Bertz CT molecular complexity index is 467. The molecule has 6 heteroatoms. The summed E-state index contributed by atoms with van der Waals surface area (Å²) in [6.07, 6.45) is 4.49. The molecule has 1 aliphatic carbocycles.